The highest BCUT2D eigenvalue weighted by Crippen LogP contribution is 2.30. The molecule has 0 radical (unpaired) electrons. The van der Waals surface area contributed by atoms with Crippen molar-refractivity contribution in [2.75, 3.05) is 0 Å². The van der Waals surface area contributed by atoms with E-state index in [1.807, 2.05) is 42.5 Å². The Balaban J connectivity index is 1.56. The van der Waals surface area contributed by atoms with Gasteiger partial charge in [0.15, 0.2) is 12.4 Å². The van der Waals surface area contributed by atoms with Gasteiger partial charge in [-0.15, -0.1) is 0 Å². The van der Waals surface area contributed by atoms with Crippen LogP contribution in [-0.4, -0.2) is 9.97 Å². The molecule has 0 atom stereocenters. The van der Waals surface area contributed by atoms with Crippen molar-refractivity contribution in [3.63, 3.8) is 0 Å². The third-order valence-electron chi connectivity index (χ3n) is 3.64. The smallest absolute Gasteiger partial charge is 0.232 e. The Morgan fingerprint density at radius 2 is 1.83 bits per heavy atom. The van der Waals surface area contributed by atoms with Gasteiger partial charge in [-0.05, 0) is 24.3 Å². The minimum Gasteiger partial charge on any atom is -0.482 e. The maximum Gasteiger partial charge on any atom is 0.232 e. The summed E-state index contributed by atoms with van der Waals surface area (Å²) in [6, 6.07) is 17.2. The monoisotopic (exact) mass is 336 g/mol. The molecule has 4 rings (SSSR count). The highest BCUT2D eigenvalue weighted by Gasteiger charge is 2.10. The second-order valence-electron chi connectivity index (χ2n) is 5.22. The van der Waals surface area contributed by atoms with Crippen LogP contribution < -0.4 is 4.74 Å². The van der Waals surface area contributed by atoms with Gasteiger partial charge in [0.1, 0.15) is 11.3 Å². The molecule has 0 fully saturated rings. The lowest BCUT2D eigenvalue weighted by molar-refractivity contribution is 0.267. The number of oxazole rings is 1. The average molecular weight is 337 g/mol. The molecule has 0 spiro atoms. The van der Waals surface area contributed by atoms with Gasteiger partial charge in [-0.1, -0.05) is 41.9 Å². The first kappa shape index (κ1) is 14.7. The molecule has 0 saturated carbocycles. The number of hydrogen-bond donors (Lipinski definition) is 0. The van der Waals surface area contributed by atoms with Crippen molar-refractivity contribution in [2.24, 2.45) is 0 Å². The molecule has 2 heterocycles. The summed E-state index contributed by atoms with van der Waals surface area (Å²) in [5.74, 6) is 1.87. The van der Waals surface area contributed by atoms with E-state index in [4.69, 9.17) is 20.8 Å². The fraction of sp³-hybridized carbons (Fsp3) is 0.0526. The summed E-state index contributed by atoms with van der Waals surface area (Å²) in [5.41, 5.74) is 1.70. The van der Waals surface area contributed by atoms with E-state index in [0.717, 1.165) is 16.5 Å². The highest BCUT2D eigenvalue weighted by atomic mass is 35.5. The van der Waals surface area contributed by atoms with Gasteiger partial charge >= 0.3 is 0 Å². The Morgan fingerprint density at radius 3 is 2.71 bits per heavy atom. The molecular weight excluding hydrogens is 324 g/mol. The van der Waals surface area contributed by atoms with Gasteiger partial charge in [-0.3, -0.25) is 4.98 Å². The molecule has 0 aliphatic rings. The van der Waals surface area contributed by atoms with E-state index in [2.05, 4.69) is 9.97 Å². The van der Waals surface area contributed by atoms with Gasteiger partial charge < -0.3 is 9.15 Å². The first-order valence-electron chi connectivity index (χ1n) is 7.47. The van der Waals surface area contributed by atoms with E-state index in [1.54, 1.807) is 24.5 Å². The minimum absolute atomic E-state index is 0.222. The van der Waals surface area contributed by atoms with Gasteiger partial charge in [0.05, 0.1) is 11.2 Å². The van der Waals surface area contributed by atoms with Crippen molar-refractivity contribution in [3.8, 4) is 17.1 Å². The number of ether oxygens (including phenoxy) is 1. The van der Waals surface area contributed by atoms with Crippen LogP contribution in [-0.2, 0) is 6.61 Å². The topological polar surface area (TPSA) is 48.2 Å². The van der Waals surface area contributed by atoms with Crippen LogP contribution in [0.5, 0.6) is 5.75 Å². The van der Waals surface area contributed by atoms with Crippen molar-refractivity contribution < 1.29 is 9.15 Å². The molecule has 4 aromatic rings. The molecule has 0 bridgehead atoms. The lowest BCUT2D eigenvalue weighted by atomic mass is 10.2. The SMILES string of the molecule is Clc1ccc(OCc2ncc(-c3ccccc3)o2)c2ncccc12. The highest BCUT2D eigenvalue weighted by molar-refractivity contribution is 6.35. The number of pyridine rings is 1. The number of rotatable bonds is 4. The van der Waals surface area contributed by atoms with Crippen molar-refractivity contribution in [1.82, 2.24) is 9.97 Å². The molecule has 0 saturated heterocycles. The molecule has 4 nitrogen and oxygen atoms in total. The summed E-state index contributed by atoms with van der Waals surface area (Å²) >= 11 is 6.19. The number of benzene rings is 2. The van der Waals surface area contributed by atoms with E-state index >= 15 is 0 Å². The number of halogens is 1. The summed E-state index contributed by atoms with van der Waals surface area (Å²) in [5, 5.41) is 1.50. The Labute approximate surface area is 143 Å². The molecule has 118 valence electrons. The van der Waals surface area contributed by atoms with Crippen molar-refractivity contribution in [2.45, 2.75) is 6.61 Å². The molecule has 5 heteroatoms. The first-order valence-corrected chi connectivity index (χ1v) is 7.85. The molecule has 24 heavy (non-hydrogen) atoms. The summed E-state index contributed by atoms with van der Waals surface area (Å²) in [4.78, 5) is 8.61. The van der Waals surface area contributed by atoms with Crippen LogP contribution in [0.2, 0.25) is 5.02 Å². The van der Waals surface area contributed by atoms with E-state index in [9.17, 15) is 0 Å². The van der Waals surface area contributed by atoms with Crippen LogP contribution >= 0.6 is 11.6 Å². The quantitative estimate of drug-likeness (QED) is 0.519. The van der Waals surface area contributed by atoms with Crippen LogP contribution in [0.1, 0.15) is 5.89 Å². The van der Waals surface area contributed by atoms with Crippen LogP contribution in [0.15, 0.2) is 71.4 Å². The molecule has 2 aromatic carbocycles. The first-order chi connectivity index (χ1) is 11.8. The lowest BCUT2D eigenvalue weighted by Crippen LogP contribution is -1.97. The Hall–Kier alpha value is -2.85. The van der Waals surface area contributed by atoms with Crippen LogP contribution in [0.4, 0.5) is 0 Å². The molecular formula is C19H13ClN2O2. The maximum atomic E-state index is 6.19. The third-order valence-corrected chi connectivity index (χ3v) is 3.97. The number of nitrogens with zero attached hydrogens (tertiary/aromatic N) is 2. The van der Waals surface area contributed by atoms with E-state index < -0.39 is 0 Å². The second-order valence-corrected chi connectivity index (χ2v) is 5.63. The summed E-state index contributed by atoms with van der Waals surface area (Å²) in [6.07, 6.45) is 3.41. The van der Waals surface area contributed by atoms with Gasteiger partial charge in [0.25, 0.3) is 0 Å². The number of aromatic nitrogens is 2. The Kier molecular flexibility index (Phi) is 3.89. The standard InChI is InChI=1S/C19H13ClN2O2/c20-15-8-9-16(19-14(15)7-4-10-21-19)23-12-18-22-11-17(24-18)13-5-2-1-3-6-13/h1-11H,12H2. The summed E-state index contributed by atoms with van der Waals surface area (Å²) < 4.78 is 11.6. The van der Waals surface area contributed by atoms with Gasteiger partial charge in [-0.2, -0.15) is 0 Å². The van der Waals surface area contributed by atoms with Crippen LogP contribution in [0, 0.1) is 0 Å². The van der Waals surface area contributed by atoms with Gasteiger partial charge in [0, 0.05) is 17.1 Å². The molecule has 0 amide bonds. The fourth-order valence-electron chi connectivity index (χ4n) is 2.48. The largest absolute Gasteiger partial charge is 0.482 e. The number of fused-ring (bicyclic) bond motifs is 1. The minimum atomic E-state index is 0.222. The molecule has 0 N–H and O–H groups in total. The normalized spacial score (nSPS) is 10.9. The Morgan fingerprint density at radius 1 is 0.958 bits per heavy atom. The summed E-state index contributed by atoms with van der Waals surface area (Å²) in [6.45, 7) is 0.222. The predicted octanol–water partition coefficient (Wildman–Crippen LogP) is 5.12. The van der Waals surface area contributed by atoms with E-state index in [1.165, 1.54) is 0 Å². The zero-order valence-electron chi connectivity index (χ0n) is 12.6. The lowest BCUT2D eigenvalue weighted by Gasteiger charge is -2.07. The average Bonchev–Trinajstić information content (AvgIpc) is 3.11. The summed E-state index contributed by atoms with van der Waals surface area (Å²) in [7, 11) is 0. The molecule has 2 aromatic heterocycles. The second kappa shape index (κ2) is 6.34. The van der Waals surface area contributed by atoms with Crippen LogP contribution in [0.25, 0.3) is 22.2 Å². The third kappa shape index (κ3) is 2.84. The predicted molar refractivity (Wildman–Crippen MR) is 93.0 cm³/mol. The Bertz CT molecular complexity index is 983. The van der Waals surface area contributed by atoms with Gasteiger partial charge in [0.2, 0.25) is 5.89 Å². The zero-order chi connectivity index (χ0) is 16.4. The van der Waals surface area contributed by atoms with E-state index in [-0.39, 0.29) is 6.61 Å². The van der Waals surface area contributed by atoms with Crippen LogP contribution in [0.3, 0.4) is 0 Å². The van der Waals surface area contributed by atoms with Crippen molar-refractivity contribution >= 4 is 22.5 Å². The maximum absolute atomic E-state index is 6.19. The van der Waals surface area contributed by atoms with E-state index in [0.29, 0.717) is 22.4 Å². The molecule has 0 unspecified atom stereocenters. The fourth-order valence-corrected chi connectivity index (χ4v) is 2.70. The molecule has 0 aliphatic carbocycles. The molecule has 0 aliphatic heterocycles. The van der Waals surface area contributed by atoms with Gasteiger partial charge in [-0.25, -0.2) is 4.98 Å². The number of hydrogen-bond acceptors (Lipinski definition) is 4. The van der Waals surface area contributed by atoms with Crippen molar-refractivity contribution in [1.29, 1.82) is 0 Å². The zero-order valence-corrected chi connectivity index (χ0v) is 13.4. The van der Waals surface area contributed by atoms with Crippen molar-refractivity contribution in [3.05, 3.63) is 77.9 Å².